The van der Waals surface area contributed by atoms with Crippen LogP contribution in [-0.2, 0) is 0 Å². The van der Waals surface area contributed by atoms with Crippen molar-refractivity contribution in [3.63, 3.8) is 0 Å². The quantitative estimate of drug-likeness (QED) is 0.356. The summed E-state index contributed by atoms with van der Waals surface area (Å²) in [5.74, 6) is 0.0693. The lowest BCUT2D eigenvalue weighted by Gasteiger charge is -2.00. The van der Waals surface area contributed by atoms with Gasteiger partial charge in [-0.25, -0.2) is 9.97 Å². The normalized spacial score (nSPS) is 11.4. The van der Waals surface area contributed by atoms with Crippen LogP contribution in [0.4, 0.5) is 0 Å². The number of Topliss-reactive ketones (excluding diaryl/α,β-unsaturated/α-hetero) is 1. The second-order valence-electron chi connectivity index (χ2n) is 7.43. The fourth-order valence-corrected chi connectivity index (χ4v) is 4.74. The van der Waals surface area contributed by atoms with E-state index in [0.717, 1.165) is 60.0 Å². The summed E-state index contributed by atoms with van der Waals surface area (Å²) in [5.41, 5.74) is 6.74. The van der Waals surface area contributed by atoms with Crippen LogP contribution < -0.4 is 0 Å². The molecule has 32 heavy (non-hydrogen) atoms. The number of aromatic nitrogens is 6. The number of carbonyl (C=O) groups is 1. The van der Waals surface area contributed by atoms with Crippen LogP contribution in [0.15, 0.2) is 67.1 Å². The minimum Gasteiger partial charge on any atom is -0.338 e. The zero-order valence-corrected chi connectivity index (χ0v) is 17.8. The van der Waals surface area contributed by atoms with Crippen LogP contribution in [0.25, 0.3) is 55.2 Å². The van der Waals surface area contributed by atoms with Crippen molar-refractivity contribution >= 4 is 39.2 Å². The van der Waals surface area contributed by atoms with E-state index in [1.165, 1.54) is 11.3 Å². The maximum absolute atomic E-state index is 11.7. The van der Waals surface area contributed by atoms with Crippen molar-refractivity contribution in [1.29, 1.82) is 0 Å². The molecule has 0 saturated heterocycles. The molecular weight excluding hydrogens is 420 g/mol. The van der Waals surface area contributed by atoms with Gasteiger partial charge in [0.2, 0.25) is 0 Å². The summed E-state index contributed by atoms with van der Waals surface area (Å²) in [7, 11) is 0. The van der Waals surface area contributed by atoms with Gasteiger partial charge >= 0.3 is 0 Å². The number of pyridine rings is 3. The van der Waals surface area contributed by atoms with E-state index in [0.29, 0.717) is 0 Å². The Hall–Kier alpha value is -4.17. The van der Waals surface area contributed by atoms with Crippen molar-refractivity contribution in [2.45, 2.75) is 6.92 Å². The third kappa shape index (κ3) is 3.00. The molecule has 8 heteroatoms. The van der Waals surface area contributed by atoms with Gasteiger partial charge in [-0.3, -0.25) is 14.9 Å². The number of hydrogen-bond donors (Lipinski definition) is 2. The highest BCUT2D eigenvalue weighted by molar-refractivity contribution is 7.17. The molecule has 0 spiro atoms. The maximum atomic E-state index is 11.7. The van der Waals surface area contributed by atoms with Crippen molar-refractivity contribution in [3.8, 4) is 33.1 Å². The van der Waals surface area contributed by atoms with Crippen LogP contribution in [0, 0.1) is 0 Å². The SMILES string of the molecule is CC(=O)c1ccc(-c2ccnc3[nH]c(-c4n[nH]c5ccc(-c6cccnc6)nc45)cc23)s1. The van der Waals surface area contributed by atoms with Crippen molar-refractivity contribution in [1.82, 2.24) is 30.1 Å². The van der Waals surface area contributed by atoms with Gasteiger partial charge in [-0.05, 0) is 55.5 Å². The Bertz CT molecular complexity index is 1610. The number of fused-ring (bicyclic) bond motifs is 2. The Kier molecular flexibility index (Phi) is 4.19. The van der Waals surface area contributed by atoms with Crippen LogP contribution >= 0.6 is 11.3 Å². The Morgan fingerprint density at radius 2 is 2.00 bits per heavy atom. The van der Waals surface area contributed by atoms with E-state index >= 15 is 0 Å². The lowest BCUT2D eigenvalue weighted by molar-refractivity contribution is 0.102. The summed E-state index contributed by atoms with van der Waals surface area (Å²) in [6.45, 7) is 1.58. The van der Waals surface area contributed by atoms with E-state index in [4.69, 9.17) is 4.98 Å². The molecule has 0 bridgehead atoms. The standard InChI is InChI=1S/C24H16N6OS/c1-13(31)20-6-7-21(32-20)15-8-10-26-24-16(15)11-19(28-24)23-22-18(29-30-23)5-4-17(27-22)14-3-2-9-25-12-14/h2-12H,1H3,(H,26,28)(H,29,30). The molecule has 6 rings (SSSR count). The van der Waals surface area contributed by atoms with Gasteiger partial charge in [-0.2, -0.15) is 5.10 Å². The Labute approximate surface area is 186 Å². The molecule has 0 unspecified atom stereocenters. The number of thiophene rings is 1. The number of nitrogens with zero attached hydrogens (tertiary/aromatic N) is 4. The first kappa shape index (κ1) is 18.6. The van der Waals surface area contributed by atoms with Crippen molar-refractivity contribution in [3.05, 3.63) is 72.0 Å². The Morgan fingerprint density at radius 1 is 1.06 bits per heavy atom. The minimum absolute atomic E-state index is 0.0693. The zero-order valence-electron chi connectivity index (χ0n) is 17.0. The molecule has 0 aliphatic carbocycles. The van der Waals surface area contributed by atoms with Crippen molar-refractivity contribution in [2.24, 2.45) is 0 Å². The second kappa shape index (κ2) is 7.21. The fourth-order valence-electron chi connectivity index (χ4n) is 3.80. The smallest absolute Gasteiger partial charge is 0.169 e. The van der Waals surface area contributed by atoms with Crippen LogP contribution in [0.3, 0.4) is 0 Å². The molecule has 0 aliphatic rings. The highest BCUT2D eigenvalue weighted by atomic mass is 32.1. The summed E-state index contributed by atoms with van der Waals surface area (Å²) in [4.78, 5) is 30.4. The van der Waals surface area contributed by atoms with Gasteiger partial charge in [0, 0.05) is 40.0 Å². The number of carbonyl (C=O) groups excluding carboxylic acids is 1. The van der Waals surface area contributed by atoms with E-state index < -0.39 is 0 Å². The molecule has 0 fully saturated rings. The molecule has 6 aromatic heterocycles. The van der Waals surface area contributed by atoms with Gasteiger partial charge in [0.15, 0.2) is 5.78 Å². The van der Waals surface area contributed by atoms with E-state index in [1.54, 1.807) is 25.5 Å². The molecule has 6 heterocycles. The highest BCUT2D eigenvalue weighted by Crippen LogP contribution is 2.36. The maximum Gasteiger partial charge on any atom is 0.169 e. The third-order valence-electron chi connectivity index (χ3n) is 5.37. The number of hydrogen-bond acceptors (Lipinski definition) is 6. The second-order valence-corrected chi connectivity index (χ2v) is 8.51. The molecule has 6 aromatic rings. The first-order valence-electron chi connectivity index (χ1n) is 10.0. The van der Waals surface area contributed by atoms with Crippen LogP contribution in [-0.4, -0.2) is 35.9 Å². The van der Waals surface area contributed by atoms with E-state index in [9.17, 15) is 4.79 Å². The highest BCUT2D eigenvalue weighted by Gasteiger charge is 2.17. The van der Waals surface area contributed by atoms with Crippen LogP contribution in [0.1, 0.15) is 16.6 Å². The molecule has 7 nitrogen and oxygen atoms in total. The molecule has 0 aliphatic heterocycles. The summed E-state index contributed by atoms with van der Waals surface area (Å²) in [6.07, 6.45) is 5.31. The average Bonchev–Trinajstić information content (AvgIpc) is 3.56. The van der Waals surface area contributed by atoms with Crippen LogP contribution in [0.2, 0.25) is 0 Å². The lowest BCUT2D eigenvalue weighted by atomic mass is 10.1. The largest absolute Gasteiger partial charge is 0.338 e. The molecule has 2 N–H and O–H groups in total. The molecule has 0 aromatic carbocycles. The number of aromatic amines is 2. The van der Waals surface area contributed by atoms with Crippen molar-refractivity contribution in [2.75, 3.05) is 0 Å². The Morgan fingerprint density at radius 3 is 2.81 bits per heavy atom. The number of ketones is 1. The first-order valence-corrected chi connectivity index (χ1v) is 10.8. The molecule has 0 amide bonds. The average molecular weight is 437 g/mol. The van der Waals surface area contributed by atoms with Gasteiger partial charge in [0.25, 0.3) is 0 Å². The Balaban J connectivity index is 1.49. The van der Waals surface area contributed by atoms with Gasteiger partial charge in [0.1, 0.15) is 16.9 Å². The summed E-state index contributed by atoms with van der Waals surface area (Å²) in [5, 5.41) is 8.56. The van der Waals surface area contributed by atoms with Crippen LogP contribution in [0.5, 0.6) is 0 Å². The van der Waals surface area contributed by atoms with Gasteiger partial charge < -0.3 is 4.98 Å². The predicted molar refractivity (Wildman–Crippen MR) is 126 cm³/mol. The lowest BCUT2D eigenvalue weighted by Crippen LogP contribution is -1.86. The summed E-state index contributed by atoms with van der Waals surface area (Å²) < 4.78 is 0. The molecule has 0 saturated carbocycles. The van der Waals surface area contributed by atoms with Gasteiger partial charge in [0.05, 0.1) is 21.8 Å². The van der Waals surface area contributed by atoms with Gasteiger partial charge in [-0.15, -0.1) is 11.3 Å². The topological polar surface area (TPSA) is 100 Å². The van der Waals surface area contributed by atoms with E-state index in [2.05, 4.69) is 25.1 Å². The predicted octanol–water partition coefficient (Wildman–Crippen LogP) is 5.49. The molecular formula is C24H16N6OS. The van der Waals surface area contributed by atoms with E-state index in [-0.39, 0.29) is 5.78 Å². The third-order valence-corrected chi connectivity index (χ3v) is 6.59. The monoisotopic (exact) mass is 436 g/mol. The molecule has 0 atom stereocenters. The molecule has 154 valence electrons. The van der Waals surface area contributed by atoms with Crippen molar-refractivity contribution < 1.29 is 4.79 Å². The number of H-pyrrole nitrogens is 2. The summed E-state index contributed by atoms with van der Waals surface area (Å²) in [6, 6.07) is 15.7. The number of nitrogens with one attached hydrogen (secondary N) is 2. The number of rotatable bonds is 4. The zero-order chi connectivity index (χ0) is 21.7. The molecule has 0 radical (unpaired) electrons. The van der Waals surface area contributed by atoms with Gasteiger partial charge in [-0.1, -0.05) is 0 Å². The minimum atomic E-state index is 0.0693. The van der Waals surface area contributed by atoms with E-state index in [1.807, 2.05) is 48.5 Å². The summed E-state index contributed by atoms with van der Waals surface area (Å²) >= 11 is 1.49. The fraction of sp³-hybridized carbons (Fsp3) is 0.0417. The first-order chi connectivity index (χ1) is 15.7.